The molecule has 0 unspecified atom stereocenters. The Bertz CT molecular complexity index is 339. The first-order valence-electron chi connectivity index (χ1n) is 6.51. The zero-order chi connectivity index (χ0) is 11.4. The number of hydrogen-bond donors (Lipinski definition) is 1. The third-order valence-corrected chi connectivity index (χ3v) is 3.14. The zero-order valence-electron chi connectivity index (χ0n) is 10.4. The molecule has 2 nitrogen and oxygen atoms in total. The molecule has 0 saturated heterocycles. The van der Waals surface area contributed by atoms with E-state index in [1.54, 1.807) is 0 Å². The van der Waals surface area contributed by atoms with Crippen LogP contribution < -0.4 is 10.2 Å². The van der Waals surface area contributed by atoms with E-state index in [1.807, 2.05) is 0 Å². The lowest BCUT2D eigenvalue weighted by atomic mass is 10.2. The smallest absolute Gasteiger partial charge is 0.0861 e. The minimum absolute atomic E-state index is 1.19. The largest absolute Gasteiger partial charge is 0.370 e. The molecule has 0 atom stereocenters. The number of benzene rings is 1. The first kappa shape index (κ1) is 11.3. The average molecular weight is 218 g/mol. The van der Waals surface area contributed by atoms with Crippen LogP contribution in [0, 0.1) is 0 Å². The van der Waals surface area contributed by atoms with Crippen LogP contribution in [0.15, 0.2) is 18.2 Å². The molecule has 16 heavy (non-hydrogen) atoms. The number of nitrogens with one attached hydrogen (secondary N) is 1. The summed E-state index contributed by atoms with van der Waals surface area (Å²) in [5, 5.41) is 3.35. The van der Waals surface area contributed by atoms with Crippen molar-refractivity contribution in [3.8, 4) is 0 Å². The van der Waals surface area contributed by atoms with Gasteiger partial charge in [0.15, 0.2) is 0 Å². The molecule has 0 bridgehead atoms. The molecule has 88 valence electrons. The van der Waals surface area contributed by atoms with Gasteiger partial charge in [0.2, 0.25) is 0 Å². The van der Waals surface area contributed by atoms with E-state index >= 15 is 0 Å². The van der Waals surface area contributed by atoms with Crippen LogP contribution in [0.3, 0.4) is 0 Å². The van der Waals surface area contributed by atoms with E-state index in [1.165, 1.54) is 55.8 Å². The minimum Gasteiger partial charge on any atom is -0.370 e. The molecule has 1 aromatic carbocycles. The third kappa shape index (κ3) is 2.49. The van der Waals surface area contributed by atoms with Crippen molar-refractivity contribution in [2.24, 2.45) is 0 Å². The molecular weight excluding hydrogens is 196 g/mol. The second kappa shape index (κ2) is 5.24. The van der Waals surface area contributed by atoms with Gasteiger partial charge in [-0.25, -0.2) is 0 Å². The van der Waals surface area contributed by atoms with E-state index in [0.29, 0.717) is 0 Å². The maximum Gasteiger partial charge on any atom is 0.0861 e. The Morgan fingerprint density at radius 3 is 2.38 bits per heavy atom. The summed E-state index contributed by atoms with van der Waals surface area (Å²) in [6, 6.07) is 6.54. The first-order chi connectivity index (χ1) is 7.86. The molecule has 2 heteroatoms. The van der Waals surface area contributed by atoms with Crippen LogP contribution >= 0.6 is 0 Å². The monoisotopic (exact) mass is 218 g/mol. The van der Waals surface area contributed by atoms with Crippen LogP contribution in [0.25, 0.3) is 0 Å². The molecule has 0 radical (unpaired) electrons. The third-order valence-electron chi connectivity index (χ3n) is 3.14. The van der Waals surface area contributed by atoms with Gasteiger partial charge in [0, 0.05) is 13.1 Å². The quantitative estimate of drug-likeness (QED) is 0.706. The van der Waals surface area contributed by atoms with Crippen molar-refractivity contribution >= 4 is 17.1 Å². The summed E-state index contributed by atoms with van der Waals surface area (Å²) in [5.41, 5.74) is 4.07. The summed E-state index contributed by atoms with van der Waals surface area (Å²) in [6.45, 7) is 6.89. The molecule has 1 heterocycles. The average Bonchev–Trinajstić information content (AvgIpc) is 3.08. The maximum atomic E-state index is 3.35. The van der Waals surface area contributed by atoms with E-state index < -0.39 is 0 Å². The number of hydrogen-bond acceptors (Lipinski definition) is 2. The number of unbranched alkanes of at least 4 members (excludes halogenated alkanes) is 2. The van der Waals surface area contributed by atoms with Crippen molar-refractivity contribution in [3.63, 3.8) is 0 Å². The van der Waals surface area contributed by atoms with Gasteiger partial charge in [-0.05, 0) is 25.0 Å². The van der Waals surface area contributed by atoms with Crippen molar-refractivity contribution in [2.75, 3.05) is 23.3 Å². The van der Waals surface area contributed by atoms with Gasteiger partial charge in [0.05, 0.1) is 17.1 Å². The highest BCUT2D eigenvalue weighted by atomic mass is 15.2. The summed E-state index contributed by atoms with van der Waals surface area (Å²) in [4.78, 5) is 2.53. The lowest BCUT2D eigenvalue weighted by molar-refractivity contribution is 0.679. The molecule has 1 N–H and O–H groups in total. The van der Waals surface area contributed by atoms with Gasteiger partial charge < -0.3 is 10.2 Å². The molecule has 2 rings (SSSR count). The second-order valence-electron chi connectivity index (χ2n) is 4.52. The van der Waals surface area contributed by atoms with Gasteiger partial charge in [-0.2, -0.15) is 0 Å². The van der Waals surface area contributed by atoms with Crippen molar-refractivity contribution in [1.29, 1.82) is 0 Å². The lowest BCUT2D eigenvalue weighted by Gasteiger charge is -2.24. The van der Waals surface area contributed by atoms with Crippen molar-refractivity contribution < 1.29 is 0 Å². The summed E-state index contributed by atoms with van der Waals surface area (Å²) >= 11 is 0. The van der Waals surface area contributed by atoms with E-state index in [2.05, 4.69) is 42.3 Å². The van der Waals surface area contributed by atoms with Crippen LogP contribution in [0.5, 0.6) is 0 Å². The summed E-state index contributed by atoms with van der Waals surface area (Å²) in [6.07, 6.45) is 5.11. The van der Waals surface area contributed by atoms with Crippen molar-refractivity contribution in [2.45, 2.75) is 39.5 Å². The first-order valence-corrected chi connectivity index (χ1v) is 6.51. The maximum absolute atomic E-state index is 3.35. The van der Waals surface area contributed by atoms with Gasteiger partial charge in [0.25, 0.3) is 0 Å². The number of anilines is 3. The Hall–Kier alpha value is -1.18. The van der Waals surface area contributed by atoms with Gasteiger partial charge in [-0.15, -0.1) is 0 Å². The topological polar surface area (TPSA) is 25.2 Å². The molecule has 1 aliphatic heterocycles. The Labute approximate surface area is 98.7 Å². The minimum atomic E-state index is 1.19. The molecule has 0 amide bonds. The molecule has 0 aliphatic carbocycles. The number of nitrogens with zero attached hydrogens (tertiary/aromatic N) is 1. The fourth-order valence-corrected chi connectivity index (χ4v) is 2.06. The Kier molecular flexibility index (Phi) is 3.70. The summed E-state index contributed by atoms with van der Waals surface area (Å²) in [5.74, 6) is 0. The molecule has 1 aliphatic rings. The zero-order valence-corrected chi connectivity index (χ0v) is 10.4. The lowest BCUT2D eigenvalue weighted by Crippen LogP contribution is -2.25. The SMILES string of the molecule is CCCCN(CCCC)c1cccc2c1N2. The highest BCUT2D eigenvalue weighted by Crippen LogP contribution is 2.46. The van der Waals surface area contributed by atoms with E-state index in [9.17, 15) is 0 Å². The molecule has 0 saturated carbocycles. The molecular formula is C14H22N2. The van der Waals surface area contributed by atoms with Crippen molar-refractivity contribution in [1.82, 2.24) is 0 Å². The van der Waals surface area contributed by atoms with Crippen LogP contribution in [-0.2, 0) is 0 Å². The van der Waals surface area contributed by atoms with Gasteiger partial charge in [0.1, 0.15) is 0 Å². The predicted octanol–water partition coefficient (Wildman–Crippen LogP) is 4.15. The van der Waals surface area contributed by atoms with Gasteiger partial charge in [-0.1, -0.05) is 32.8 Å². The normalized spacial score (nSPS) is 11.9. The van der Waals surface area contributed by atoms with E-state index in [4.69, 9.17) is 0 Å². The number of para-hydroxylation sites is 1. The van der Waals surface area contributed by atoms with E-state index in [-0.39, 0.29) is 0 Å². The fraction of sp³-hybridized carbons (Fsp3) is 0.571. The molecule has 0 spiro atoms. The van der Waals surface area contributed by atoms with Crippen LogP contribution in [0.2, 0.25) is 0 Å². The summed E-state index contributed by atoms with van der Waals surface area (Å²) < 4.78 is 0. The van der Waals surface area contributed by atoms with Gasteiger partial charge in [-0.3, -0.25) is 0 Å². The van der Waals surface area contributed by atoms with Crippen LogP contribution in [-0.4, -0.2) is 13.1 Å². The number of rotatable bonds is 7. The Balaban J connectivity index is 2.03. The second-order valence-corrected chi connectivity index (χ2v) is 4.52. The van der Waals surface area contributed by atoms with Crippen LogP contribution in [0.4, 0.5) is 17.1 Å². The molecule has 0 fully saturated rings. The Morgan fingerprint density at radius 2 is 1.75 bits per heavy atom. The highest BCUT2D eigenvalue weighted by molar-refractivity contribution is 5.99. The fourth-order valence-electron chi connectivity index (χ4n) is 2.06. The summed E-state index contributed by atoms with van der Waals surface area (Å²) in [7, 11) is 0. The van der Waals surface area contributed by atoms with E-state index in [0.717, 1.165) is 0 Å². The Morgan fingerprint density at radius 1 is 1.06 bits per heavy atom. The molecule has 0 aromatic heterocycles. The standard InChI is InChI=1S/C14H22N2/c1-3-5-10-16(11-6-4-2)13-9-7-8-12-14(13)15-12/h7-9,15H,3-6,10-11H2,1-2H3. The van der Waals surface area contributed by atoms with Crippen LogP contribution in [0.1, 0.15) is 39.5 Å². The highest BCUT2D eigenvalue weighted by Gasteiger charge is 2.22. The number of fused-ring (bicyclic) bond motifs is 1. The van der Waals surface area contributed by atoms with Gasteiger partial charge >= 0.3 is 0 Å². The molecule has 1 aromatic rings. The predicted molar refractivity (Wildman–Crippen MR) is 71.8 cm³/mol. The van der Waals surface area contributed by atoms with Crippen molar-refractivity contribution in [3.05, 3.63) is 18.2 Å².